The number of aliphatic carboxylic acids is 1. The minimum atomic E-state index is -0.908. The number of carboxylic acids is 1. The predicted molar refractivity (Wildman–Crippen MR) is 106 cm³/mol. The molecular formula is C22H24ClNO3. The Bertz CT molecular complexity index is 813. The van der Waals surface area contributed by atoms with Gasteiger partial charge in [-0.05, 0) is 42.5 Å². The number of rotatable bonds is 5. The number of benzene rings is 2. The van der Waals surface area contributed by atoms with Gasteiger partial charge in [-0.3, -0.25) is 9.59 Å². The van der Waals surface area contributed by atoms with Crippen molar-refractivity contribution in [2.45, 2.75) is 31.6 Å². The topological polar surface area (TPSA) is 57.6 Å². The van der Waals surface area contributed by atoms with Crippen LogP contribution in [0, 0.1) is 5.92 Å². The first-order valence-corrected chi connectivity index (χ1v) is 9.62. The standard InChI is InChI=1S/C22H24ClNO3/c1-16(14-17-6-5-9-19(23)15-17)20(25)24-12-10-22(11-13-24,21(26)27)18-7-3-2-4-8-18/h2-9,15-16H,10-14H2,1H3,(H,26,27). The number of piperidine rings is 1. The van der Waals surface area contributed by atoms with E-state index in [-0.39, 0.29) is 11.8 Å². The van der Waals surface area contributed by atoms with E-state index in [1.807, 2.05) is 61.5 Å². The van der Waals surface area contributed by atoms with E-state index < -0.39 is 11.4 Å². The summed E-state index contributed by atoms with van der Waals surface area (Å²) in [6, 6.07) is 16.9. The zero-order chi connectivity index (χ0) is 19.4. The lowest BCUT2D eigenvalue weighted by atomic mass is 9.72. The molecule has 0 radical (unpaired) electrons. The number of nitrogens with zero attached hydrogens (tertiary/aromatic N) is 1. The summed E-state index contributed by atoms with van der Waals surface area (Å²) in [6.07, 6.45) is 1.49. The monoisotopic (exact) mass is 385 g/mol. The van der Waals surface area contributed by atoms with E-state index in [2.05, 4.69) is 0 Å². The van der Waals surface area contributed by atoms with E-state index in [9.17, 15) is 14.7 Å². The lowest BCUT2D eigenvalue weighted by molar-refractivity contribution is -0.149. The van der Waals surface area contributed by atoms with Crippen LogP contribution >= 0.6 is 11.6 Å². The summed E-state index contributed by atoms with van der Waals surface area (Å²) in [4.78, 5) is 26.7. The average Bonchev–Trinajstić information content (AvgIpc) is 2.68. The number of carboxylic acid groups (broad SMARTS) is 1. The van der Waals surface area contributed by atoms with Crippen LogP contribution in [-0.4, -0.2) is 35.0 Å². The van der Waals surface area contributed by atoms with Crippen molar-refractivity contribution in [2.24, 2.45) is 5.92 Å². The lowest BCUT2D eigenvalue weighted by Crippen LogP contribution is -2.50. The third-order valence-electron chi connectivity index (χ3n) is 5.52. The Labute approximate surface area is 164 Å². The fourth-order valence-electron chi connectivity index (χ4n) is 3.91. The van der Waals surface area contributed by atoms with Crippen LogP contribution in [0.1, 0.15) is 30.9 Å². The summed E-state index contributed by atoms with van der Waals surface area (Å²) in [5.74, 6) is -0.910. The van der Waals surface area contributed by atoms with Gasteiger partial charge < -0.3 is 10.0 Å². The zero-order valence-electron chi connectivity index (χ0n) is 15.4. The van der Waals surface area contributed by atoms with Gasteiger partial charge in [0.2, 0.25) is 5.91 Å². The molecule has 0 aromatic heterocycles. The van der Waals surface area contributed by atoms with Gasteiger partial charge in [-0.15, -0.1) is 0 Å². The van der Waals surface area contributed by atoms with Crippen LogP contribution in [0.15, 0.2) is 54.6 Å². The normalized spacial score (nSPS) is 17.3. The van der Waals surface area contributed by atoms with Crippen LogP contribution in [-0.2, 0) is 21.4 Å². The summed E-state index contributed by atoms with van der Waals surface area (Å²) in [7, 11) is 0. The summed E-state index contributed by atoms with van der Waals surface area (Å²) in [6.45, 7) is 2.83. The van der Waals surface area contributed by atoms with E-state index >= 15 is 0 Å². The van der Waals surface area contributed by atoms with Crippen LogP contribution in [0.3, 0.4) is 0 Å². The number of hydrogen-bond acceptors (Lipinski definition) is 2. The zero-order valence-corrected chi connectivity index (χ0v) is 16.2. The average molecular weight is 386 g/mol. The molecule has 3 rings (SSSR count). The summed E-state index contributed by atoms with van der Waals surface area (Å²) in [5, 5.41) is 10.5. The van der Waals surface area contributed by atoms with E-state index in [4.69, 9.17) is 11.6 Å². The smallest absolute Gasteiger partial charge is 0.314 e. The molecule has 1 fully saturated rings. The Kier molecular flexibility index (Phi) is 5.85. The fourth-order valence-corrected chi connectivity index (χ4v) is 4.12. The fraction of sp³-hybridized carbons (Fsp3) is 0.364. The van der Waals surface area contributed by atoms with Crippen molar-refractivity contribution in [3.63, 3.8) is 0 Å². The molecule has 0 spiro atoms. The molecule has 5 heteroatoms. The number of carbonyl (C=O) groups is 2. The van der Waals surface area contributed by atoms with Crippen LogP contribution in [0.2, 0.25) is 5.02 Å². The molecule has 0 aliphatic carbocycles. The Hall–Kier alpha value is -2.33. The minimum absolute atomic E-state index is 0.0713. The van der Waals surface area contributed by atoms with Crippen molar-refractivity contribution in [1.82, 2.24) is 4.90 Å². The SMILES string of the molecule is CC(Cc1cccc(Cl)c1)C(=O)N1CCC(C(=O)O)(c2ccccc2)CC1. The van der Waals surface area contributed by atoms with E-state index in [0.717, 1.165) is 11.1 Å². The van der Waals surface area contributed by atoms with Crippen LogP contribution in [0.4, 0.5) is 0 Å². The quantitative estimate of drug-likeness (QED) is 0.840. The summed E-state index contributed by atoms with van der Waals surface area (Å²) < 4.78 is 0. The van der Waals surface area contributed by atoms with E-state index in [1.54, 1.807) is 4.90 Å². The molecule has 1 saturated heterocycles. The maximum atomic E-state index is 12.9. The first-order valence-electron chi connectivity index (χ1n) is 9.24. The van der Waals surface area contributed by atoms with Gasteiger partial charge in [0.25, 0.3) is 0 Å². The highest BCUT2D eigenvalue weighted by atomic mass is 35.5. The van der Waals surface area contributed by atoms with Crippen molar-refractivity contribution in [3.05, 3.63) is 70.7 Å². The van der Waals surface area contributed by atoms with Gasteiger partial charge in [-0.2, -0.15) is 0 Å². The molecule has 0 saturated carbocycles. The van der Waals surface area contributed by atoms with Gasteiger partial charge >= 0.3 is 5.97 Å². The number of amides is 1. The first kappa shape index (κ1) is 19.4. The van der Waals surface area contributed by atoms with Crippen molar-refractivity contribution in [2.75, 3.05) is 13.1 Å². The molecule has 1 atom stereocenters. The van der Waals surface area contributed by atoms with Crippen molar-refractivity contribution in [3.8, 4) is 0 Å². The lowest BCUT2D eigenvalue weighted by Gasteiger charge is -2.40. The molecule has 1 heterocycles. The number of hydrogen-bond donors (Lipinski definition) is 1. The molecule has 0 bridgehead atoms. The van der Waals surface area contributed by atoms with Gasteiger partial charge in [-0.25, -0.2) is 0 Å². The number of carbonyl (C=O) groups excluding carboxylic acids is 1. The maximum absolute atomic E-state index is 12.9. The van der Waals surface area contributed by atoms with Crippen LogP contribution < -0.4 is 0 Å². The van der Waals surface area contributed by atoms with E-state index in [0.29, 0.717) is 37.4 Å². The number of halogens is 1. The molecule has 2 aromatic carbocycles. The Morgan fingerprint density at radius 1 is 1.11 bits per heavy atom. The second-order valence-electron chi connectivity index (χ2n) is 7.31. The highest BCUT2D eigenvalue weighted by molar-refractivity contribution is 6.30. The first-order chi connectivity index (χ1) is 12.9. The molecule has 142 valence electrons. The second-order valence-corrected chi connectivity index (χ2v) is 7.75. The molecule has 2 aromatic rings. The summed E-state index contributed by atoms with van der Waals surface area (Å²) >= 11 is 6.02. The summed E-state index contributed by atoms with van der Waals surface area (Å²) in [5.41, 5.74) is 0.940. The molecule has 1 unspecified atom stereocenters. The van der Waals surface area contributed by atoms with Crippen LogP contribution in [0.25, 0.3) is 0 Å². The van der Waals surface area contributed by atoms with Gasteiger partial charge in [0.15, 0.2) is 0 Å². The molecule has 1 aliphatic heterocycles. The van der Waals surface area contributed by atoms with Crippen molar-refractivity contribution in [1.29, 1.82) is 0 Å². The highest BCUT2D eigenvalue weighted by Gasteiger charge is 2.44. The second kappa shape index (κ2) is 8.13. The minimum Gasteiger partial charge on any atom is -0.481 e. The van der Waals surface area contributed by atoms with Crippen molar-refractivity contribution < 1.29 is 14.7 Å². The predicted octanol–water partition coefficient (Wildman–Crippen LogP) is 4.16. The number of likely N-dealkylation sites (tertiary alicyclic amines) is 1. The molecule has 1 N–H and O–H groups in total. The van der Waals surface area contributed by atoms with Gasteiger partial charge in [0.1, 0.15) is 0 Å². The molecule has 1 aliphatic rings. The Balaban J connectivity index is 1.67. The highest BCUT2D eigenvalue weighted by Crippen LogP contribution is 2.36. The van der Waals surface area contributed by atoms with Crippen molar-refractivity contribution >= 4 is 23.5 Å². The van der Waals surface area contributed by atoms with Gasteiger partial charge in [-0.1, -0.05) is 61.0 Å². The van der Waals surface area contributed by atoms with E-state index in [1.165, 1.54) is 0 Å². The van der Waals surface area contributed by atoms with Gasteiger partial charge in [0.05, 0.1) is 5.41 Å². The molecule has 27 heavy (non-hydrogen) atoms. The largest absolute Gasteiger partial charge is 0.481 e. The molecular weight excluding hydrogens is 362 g/mol. The Morgan fingerprint density at radius 3 is 2.37 bits per heavy atom. The molecule has 1 amide bonds. The third-order valence-corrected chi connectivity index (χ3v) is 5.75. The molecule has 4 nitrogen and oxygen atoms in total. The van der Waals surface area contributed by atoms with Gasteiger partial charge in [0, 0.05) is 24.0 Å². The maximum Gasteiger partial charge on any atom is 0.314 e. The third kappa shape index (κ3) is 4.16. The Morgan fingerprint density at radius 2 is 1.78 bits per heavy atom. The van der Waals surface area contributed by atoms with Crippen LogP contribution in [0.5, 0.6) is 0 Å².